The van der Waals surface area contributed by atoms with Crippen molar-refractivity contribution in [3.8, 4) is 11.5 Å². The molecule has 0 spiro atoms. The second-order valence-corrected chi connectivity index (χ2v) is 7.02. The van der Waals surface area contributed by atoms with E-state index in [4.69, 9.17) is 21.1 Å². The van der Waals surface area contributed by atoms with Crippen LogP contribution in [0.1, 0.15) is 45.4 Å². The molecular formula is C20H26BrClO2. The number of benzene rings is 2. The first kappa shape index (κ1) is 19.4. The number of fused-ring (bicyclic) bond motifs is 1. The van der Waals surface area contributed by atoms with Crippen LogP contribution >= 0.6 is 27.5 Å². The van der Waals surface area contributed by atoms with Crippen LogP contribution in [0.2, 0.25) is 5.02 Å². The van der Waals surface area contributed by atoms with Crippen LogP contribution in [0.3, 0.4) is 0 Å². The third-order valence-electron chi connectivity index (χ3n) is 3.99. The Morgan fingerprint density at radius 1 is 0.917 bits per heavy atom. The topological polar surface area (TPSA) is 18.5 Å². The molecule has 0 heterocycles. The first-order valence-corrected chi connectivity index (χ1v) is 10.3. The van der Waals surface area contributed by atoms with Crippen LogP contribution in [0.5, 0.6) is 11.5 Å². The lowest BCUT2D eigenvalue weighted by Crippen LogP contribution is -2.00. The molecule has 0 fully saturated rings. The standard InChI is InChI=1S/C20H26BrClO2/c1-2-23-20-17-12-8-7-11-16(17)19(15-18(20)22)24-14-10-6-4-3-5-9-13-21/h7-8,11-12,15H,2-6,9-10,13-14H2,1H3. The van der Waals surface area contributed by atoms with Gasteiger partial charge in [0.25, 0.3) is 0 Å². The van der Waals surface area contributed by atoms with Gasteiger partial charge < -0.3 is 9.47 Å². The molecule has 0 amide bonds. The maximum Gasteiger partial charge on any atom is 0.145 e. The smallest absolute Gasteiger partial charge is 0.145 e. The fourth-order valence-corrected chi connectivity index (χ4v) is 3.43. The highest BCUT2D eigenvalue weighted by Crippen LogP contribution is 2.39. The van der Waals surface area contributed by atoms with Gasteiger partial charge in [0.05, 0.1) is 18.2 Å². The Kier molecular flexibility index (Phi) is 8.76. The van der Waals surface area contributed by atoms with E-state index in [1.54, 1.807) is 0 Å². The highest BCUT2D eigenvalue weighted by Gasteiger charge is 2.12. The van der Waals surface area contributed by atoms with Gasteiger partial charge in [-0.1, -0.05) is 77.5 Å². The van der Waals surface area contributed by atoms with E-state index in [1.807, 2.05) is 31.2 Å². The highest BCUT2D eigenvalue weighted by molar-refractivity contribution is 9.09. The lowest BCUT2D eigenvalue weighted by atomic mass is 10.1. The van der Waals surface area contributed by atoms with E-state index in [0.29, 0.717) is 11.6 Å². The number of alkyl halides is 1. The molecular weight excluding hydrogens is 388 g/mol. The fourth-order valence-electron chi connectivity index (χ4n) is 2.78. The predicted molar refractivity (Wildman–Crippen MR) is 107 cm³/mol. The lowest BCUT2D eigenvalue weighted by Gasteiger charge is -2.14. The van der Waals surface area contributed by atoms with E-state index >= 15 is 0 Å². The Morgan fingerprint density at radius 2 is 1.58 bits per heavy atom. The Bertz CT molecular complexity index is 630. The van der Waals surface area contributed by atoms with Crippen LogP contribution in [-0.4, -0.2) is 18.5 Å². The quantitative estimate of drug-likeness (QED) is 0.291. The molecule has 0 aliphatic rings. The molecule has 0 aromatic heterocycles. The van der Waals surface area contributed by atoms with E-state index in [0.717, 1.165) is 40.6 Å². The van der Waals surface area contributed by atoms with Gasteiger partial charge in [0.15, 0.2) is 0 Å². The zero-order valence-electron chi connectivity index (χ0n) is 14.3. The number of hydrogen-bond acceptors (Lipinski definition) is 2. The van der Waals surface area contributed by atoms with Gasteiger partial charge >= 0.3 is 0 Å². The molecule has 2 aromatic rings. The van der Waals surface area contributed by atoms with Crippen LogP contribution in [0.25, 0.3) is 10.8 Å². The Labute approximate surface area is 158 Å². The van der Waals surface area contributed by atoms with Crippen molar-refractivity contribution in [1.82, 2.24) is 0 Å². The summed E-state index contributed by atoms with van der Waals surface area (Å²) in [6, 6.07) is 9.98. The van der Waals surface area contributed by atoms with E-state index in [-0.39, 0.29) is 0 Å². The molecule has 24 heavy (non-hydrogen) atoms. The second-order valence-electron chi connectivity index (χ2n) is 5.82. The van der Waals surface area contributed by atoms with Gasteiger partial charge in [0, 0.05) is 22.2 Å². The SMILES string of the molecule is CCOc1c(Cl)cc(OCCCCCCCCBr)c2ccccc12. The molecule has 0 bridgehead atoms. The summed E-state index contributed by atoms with van der Waals surface area (Å²) in [6.07, 6.45) is 7.46. The molecule has 0 aliphatic heterocycles. The fraction of sp³-hybridized carbons (Fsp3) is 0.500. The van der Waals surface area contributed by atoms with Crippen molar-refractivity contribution in [2.75, 3.05) is 18.5 Å². The summed E-state index contributed by atoms with van der Waals surface area (Å²) in [5, 5.41) is 3.79. The molecule has 0 N–H and O–H groups in total. The predicted octanol–water partition coefficient (Wildman–Crippen LogP) is 7.01. The summed E-state index contributed by atoms with van der Waals surface area (Å²) in [4.78, 5) is 0. The van der Waals surface area contributed by atoms with Crippen molar-refractivity contribution >= 4 is 38.3 Å². The van der Waals surface area contributed by atoms with Crippen molar-refractivity contribution in [2.24, 2.45) is 0 Å². The van der Waals surface area contributed by atoms with Gasteiger partial charge in [-0.25, -0.2) is 0 Å². The minimum Gasteiger partial charge on any atom is -0.493 e. The van der Waals surface area contributed by atoms with Gasteiger partial charge in [0.2, 0.25) is 0 Å². The Hall–Kier alpha value is -0.930. The summed E-state index contributed by atoms with van der Waals surface area (Å²) in [6.45, 7) is 3.29. The maximum absolute atomic E-state index is 6.39. The number of rotatable bonds is 11. The highest BCUT2D eigenvalue weighted by atomic mass is 79.9. The average Bonchev–Trinajstić information content (AvgIpc) is 2.60. The van der Waals surface area contributed by atoms with Crippen molar-refractivity contribution in [1.29, 1.82) is 0 Å². The van der Waals surface area contributed by atoms with Crippen molar-refractivity contribution in [3.05, 3.63) is 35.4 Å². The third-order valence-corrected chi connectivity index (χ3v) is 4.83. The van der Waals surface area contributed by atoms with Gasteiger partial charge in [-0.15, -0.1) is 0 Å². The molecule has 0 radical (unpaired) electrons. The van der Waals surface area contributed by atoms with E-state index in [2.05, 4.69) is 22.0 Å². The number of halogens is 2. The van der Waals surface area contributed by atoms with Crippen LogP contribution in [-0.2, 0) is 0 Å². The normalized spacial score (nSPS) is 11.0. The molecule has 0 saturated heterocycles. The zero-order chi connectivity index (χ0) is 17.2. The largest absolute Gasteiger partial charge is 0.493 e. The van der Waals surface area contributed by atoms with E-state index < -0.39 is 0 Å². The molecule has 2 rings (SSSR count). The van der Waals surface area contributed by atoms with E-state index in [9.17, 15) is 0 Å². The molecule has 0 atom stereocenters. The Morgan fingerprint density at radius 3 is 2.29 bits per heavy atom. The minimum atomic E-state index is 0.596. The van der Waals surface area contributed by atoms with Crippen LogP contribution in [0.15, 0.2) is 30.3 Å². The number of unbranched alkanes of at least 4 members (excludes halogenated alkanes) is 5. The van der Waals surface area contributed by atoms with Gasteiger partial charge in [-0.05, 0) is 19.8 Å². The molecule has 0 saturated carbocycles. The first-order valence-electron chi connectivity index (χ1n) is 8.80. The monoisotopic (exact) mass is 412 g/mol. The molecule has 2 aromatic carbocycles. The summed E-state index contributed by atoms with van der Waals surface area (Å²) >= 11 is 9.86. The number of ether oxygens (including phenoxy) is 2. The van der Waals surface area contributed by atoms with Gasteiger partial charge in [0.1, 0.15) is 11.5 Å². The number of hydrogen-bond donors (Lipinski definition) is 0. The van der Waals surface area contributed by atoms with Crippen LogP contribution < -0.4 is 9.47 Å². The third kappa shape index (κ3) is 5.56. The van der Waals surface area contributed by atoms with Crippen LogP contribution in [0, 0.1) is 0 Å². The van der Waals surface area contributed by atoms with Crippen molar-refractivity contribution in [2.45, 2.75) is 45.4 Å². The van der Waals surface area contributed by atoms with Gasteiger partial charge in [-0.2, -0.15) is 0 Å². The summed E-state index contributed by atoms with van der Waals surface area (Å²) in [5.41, 5.74) is 0. The second kappa shape index (κ2) is 10.8. The maximum atomic E-state index is 6.39. The van der Waals surface area contributed by atoms with Crippen molar-refractivity contribution < 1.29 is 9.47 Å². The molecule has 132 valence electrons. The molecule has 4 heteroatoms. The molecule has 0 unspecified atom stereocenters. The average molecular weight is 414 g/mol. The summed E-state index contributed by atoms with van der Waals surface area (Å²) < 4.78 is 11.7. The van der Waals surface area contributed by atoms with E-state index in [1.165, 1.54) is 32.1 Å². The van der Waals surface area contributed by atoms with Crippen LogP contribution in [0.4, 0.5) is 0 Å². The summed E-state index contributed by atoms with van der Waals surface area (Å²) in [5.74, 6) is 1.59. The first-order chi connectivity index (χ1) is 11.8. The van der Waals surface area contributed by atoms with Crippen molar-refractivity contribution in [3.63, 3.8) is 0 Å². The summed E-state index contributed by atoms with van der Waals surface area (Å²) in [7, 11) is 0. The molecule has 0 aliphatic carbocycles. The molecule has 2 nitrogen and oxygen atoms in total. The minimum absolute atomic E-state index is 0.596. The lowest BCUT2D eigenvalue weighted by molar-refractivity contribution is 0.306. The Balaban J connectivity index is 1.94. The van der Waals surface area contributed by atoms with Gasteiger partial charge in [-0.3, -0.25) is 0 Å². The zero-order valence-corrected chi connectivity index (χ0v) is 16.7.